The van der Waals surface area contributed by atoms with Crippen molar-refractivity contribution in [1.82, 2.24) is 9.78 Å². The fourth-order valence-electron chi connectivity index (χ4n) is 1.65. The number of anilines is 1. The second kappa shape index (κ2) is 4.22. The van der Waals surface area contributed by atoms with Crippen molar-refractivity contribution in [2.45, 2.75) is 13.8 Å². The molecule has 0 radical (unpaired) electrons. The van der Waals surface area contributed by atoms with Gasteiger partial charge in [0, 0.05) is 4.47 Å². The number of benzene rings is 1. The van der Waals surface area contributed by atoms with Gasteiger partial charge in [0.15, 0.2) is 0 Å². The van der Waals surface area contributed by atoms with Crippen LogP contribution >= 0.6 is 15.9 Å². The first kappa shape index (κ1) is 11.7. The van der Waals surface area contributed by atoms with Gasteiger partial charge in [-0.3, -0.25) is 0 Å². The number of nitriles is 1. The van der Waals surface area contributed by atoms with Crippen LogP contribution < -0.4 is 5.73 Å². The Morgan fingerprint density at radius 3 is 2.71 bits per heavy atom. The number of halogens is 1. The highest BCUT2D eigenvalue weighted by molar-refractivity contribution is 9.10. The third-order valence-electron chi connectivity index (χ3n) is 2.54. The fourth-order valence-corrected chi connectivity index (χ4v) is 2.07. The summed E-state index contributed by atoms with van der Waals surface area (Å²) in [7, 11) is 0. The Labute approximate surface area is 108 Å². The molecule has 5 heteroatoms. The van der Waals surface area contributed by atoms with Crippen LogP contribution in [-0.2, 0) is 0 Å². The standard InChI is InChI=1S/C12H11BrN4/c1-7-3-4-10(13)11(5-7)17-12(15)9(6-14)8(2)16-17/h3-5H,15H2,1-2H3. The van der Waals surface area contributed by atoms with Crippen molar-refractivity contribution in [3.05, 3.63) is 39.5 Å². The second-order valence-corrected chi connectivity index (χ2v) is 4.68. The Morgan fingerprint density at radius 2 is 2.12 bits per heavy atom. The highest BCUT2D eigenvalue weighted by Gasteiger charge is 2.14. The number of nitrogen functional groups attached to an aromatic ring is 1. The lowest BCUT2D eigenvalue weighted by Crippen LogP contribution is -2.03. The summed E-state index contributed by atoms with van der Waals surface area (Å²) in [6.45, 7) is 3.77. The van der Waals surface area contributed by atoms with E-state index in [4.69, 9.17) is 11.0 Å². The molecule has 1 aromatic heterocycles. The second-order valence-electron chi connectivity index (χ2n) is 3.82. The van der Waals surface area contributed by atoms with Crippen LogP contribution in [0.3, 0.4) is 0 Å². The van der Waals surface area contributed by atoms with Crippen molar-refractivity contribution >= 4 is 21.7 Å². The smallest absolute Gasteiger partial charge is 0.145 e. The van der Waals surface area contributed by atoms with Crippen molar-refractivity contribution in [2.24, 2.45) is 0 Å². The van der Waals surface area contributed by atoms with Crippen LogP contribution in [0.2, 0.25) is 0 Å². The summed E-state index contributed by atoms with van der Waals surface area (Å²) in [6, 6.07) is 7.96. The molecular formula is C12H11BrN4. The van der Waals surface area contributed by atoms with E-state index in [0.29, 0.717) is 17.1 Å². The zero-order valence-corrected chi connectivity index (χ0v) is 11.1. The number of nitrogens with zero attached hydrogens (tertiary/aromatic N) is 3. The Morgan fingerprint density at radius 1 is 1.41 bits per heavy atom. The van der Waals surface area contributed by atoms with Gasteiger partial charge in [0.05, 0.1) is 11.4 Å². The Balaban J connectivity index is 2.70. The van der Waals surface area contributed by atoms with Gasteiger partial charge in [-0.25, -0.2) is 4.68 Å². The van der Waals surface area contributed by atoms with Crippen LogP contribution in [-0.4, -0.2) is 9.78 Å². The van der Waals surface area contributed by atoms with Crippen molar-refractivity contribution in [3.8, 4) is 11.8 Å². The van der Waals surface area contributed by atoms with Gasteiger partial charge in [-0.15, -0.1) is 0 Å². The number of hydrogen-bond donors (Lipinski definition) is 1. The molecule has 4 nitrogen and oxygen atoms in total. The van der Waals surface area contributed by atoms with E-state index in [9.17, 15) is 0 Å². The lowest BCUT2D eigenvalue weighted by molar-refractivity contribution is 0.867. The molecule has 0 aliphatic rings. The topological polar surface area (TPSA) is 67.6 Å². The molecule has 2 N–H and O–H groups in total. The first-order valence-corrected chi connectivity index (χ1v) is 5.85. The van der Waals surface area contributed by atoms with E-state index >= 15 is 0 Å². The van der Waals surface area contributed by atoms with E-state index in [2.05, 4.69) is 27.1 Å². The van der Waals surface area contributed by atoms with Crippen LogP contribution in [0.4, 0.5) is 5.82 Å². The minimum Gasteiger partial charge on any atom is -0.382 e. The third-order valence-corrected chi connectivity index (χ3v) is 3.21. The summed E-state index contributed by atoms with van der Waals surface area (Å²) in [5.74, 6) is 0.372. The van der Waals surface area contributed by atoms with Crippen LogP contribution in [0.1, 0.15) is 16.8 Å². The molecule has 0 aliphatic heterocycles. The van der Waals surface area contributed by atoms with E-state index in [-0.39, 0.29) is 0 Å². The van der Waals surface area contributed by atoms with Crippen molar-refractivity contribution in [2.75, 3.05) is 5.73 Å². The molecule has 2 aromatic rings. The van der Waals surface area contributed by atoms with E-state index in [0.717, 1.165) is 15.7 Å². The lowest BCUT2D eigenvalue weighted by atomic mass is 10.2. The maximum absolute atomic E-state index is 8.99. The molecule has 2 rings (SSSR count). The molecule has 17 heavy (non-hydrogen) atoms. The maximum Gasteiger partial charge on any atom is 0.145 e. The number of aromatic nitrogens is 2. The highest BCUT2D eigenvalue weighted by atomic mass is 79.9. The summed E-state index contributed by atoms with van der Waals surface area (Å²) in [5, 5.41) is 13.3. The van der Waals surface area contributed by atoms with E-state index < -0.39 is 0 Å². The van der Waals surface area contributed by atoms with Gasteiger partial charge in [0.25, 0.3) is 0 Å². The van der Waals surface area contributed by atoms with E-state index in [1.54, 1.807) is 11.6 Å². The lowest BCUT2D eigenvalue weighted by Gasteiger charge is -2.07. The van der Waals surface area contributed by atoms with Crippen molar-refractivity contribution in [3.63, 3.8) is 0 Å². The number of rotatable bonds is 1. The summed E-state index contributed by atoms with van der Waals surface area (Å²) >= 11 is 3.46. The first-order valence-electron chi connectivity index (χ1n) is 5.06. The monoisotopic (exact) mass is 290 g/mol. The number of hydrogen-bond acceptors (Lipinski definition) is 3. The highest BCUT2D eigenvalue weighted by Crippen LogP contribution is 2.26. The van der Waals surface area contributed by atoms with Gasteiger partial charge in [-0.05, 0) is 47.5 Å². The summed E-state index contributed by atoms with van der Waals surface area (Å²) < 4.78 is 2.48. The van der Waals surface area contributed by atoms with Crippen LogP contribution in [0.5, 0.6) is 0 Å². The Hall–Kier alpha value is -1.80. The predicted octanol–water partition coefficient (Wildman–Crippen LogP) is 2.71. The summed E-state index contributed by atoms with van der Waals surface area (Å²) in [6.07, 6.45) is 0. The summed E-state index contributed by atoms with van der Waals surface area (Å²) in [5.41, 5.74) is 8.93. The van der Waals surface area contributed by atoms with E-state index in [1.165, 1.54) is 0 Å². The van der Waals surface area contributed by atoms with Crippen molar-refractivity contribution in [1.29, 1.82) is 5.26 Å². The normalized spacial score (nSPS) is 10.2. The molecule has 0 atom stereocenters. The van der Waals surface area contributed by atoms with Gasteiger partial charge < -0.3 is 5.73 Å². The quantitative estimate of drug-likeness (QED) is 0.878. The molecule has 0 aliphatic carbocycles. The van der Waals surface area contributed by atoms with Gasteiger partial charge in [-0.2, -0.15) is 10.4 Å². The maximum atomic E-state index is 8.99. The first-order chi connectivity index (χ1) is 8.04. The molecule has 0 unspecified atom stereocenters. The molecule has 0 fully saturated rings. The third kappa shape index (κ3) is 1.92. The molecule has 0 saturated heterocycles. The zero-order valence-electron chi connectivity index (χ0n) is 9.53. The van der Waals surface area contributed by atoms with E-state index in [1.807, 2.05) is 25.1 Å². The molecule has 1 heterocycles. The van der Waals surface area contributed by atoms with Crippen molar-refractivity contribution < 1.29 is 0 Å². The molecule has 0 spiro atoms. The van der Waals surface area contributed by atoms with Crippen LogP contribution in [0, 0.1) is 25.2 Å². The van der Waals surface area contributed by atoms with Crippen LogP contribution in [0.25, 0.3) is 5.69 Å². The molecule has 0 amide bonds. The zero-order chi connectivity index (χ0) is 12.6. The Bertz CT molecular complexity index is 622. The largest absolute Gasteiger partial charge is 0.382 e. The summed E-state index contributed by atoms with van der Waals surface area (Å²) in [4.78, 5) is 0. The molecule has 0 saturated carbocycles. The molecule has 1 aromatic carbocycles. The molecular weight excluding hydrogens is 280 g/mol. The fraction of sp³-hybridized carbons (Fsp3) is 0.167. The SMILES string of the molecule is Cc1ccc(Br)c(-n2nc(C)c(C#N)c2N)c1. The van der Waals surface area contributed by atoms with Crippen LogP contribution in [0.15, 0.2) is 22.7 Å². The minimum absolute atomic E-state index is 0.372. The van der Waals surface area contributed by atoms with Gasteiger partial charge in [-0.1, -0.05) is 6.07 Å². The average molecular weight is 291 g/mol. The number of aryl methyl sites for hydroxylation is 2. The molecule has 86 valence electrons. The van der Waals surface area contributed by atoms with Gasteiger partial charge in [0.2, 0.25) is 0 Å². The Kier molecular flexibility index (Phi) is 2.90. The van der Waals surface area contributed by atoms with Gasteiger partial charge >= 0.3 is 0 Å². The van der Waals surface area contributed by atoms with Gasteiger partial charge in [0.1, 0.15) is 17.5 Å². The molecule has 0 bridgehead atoms. The predicted molar refractivity (Wildman–Crippen MR) is 69.9 cm³/mol. The minimum atomic E-state index is 0.372. The number of nitrogens with two attached hydrogens (primary N) is 1. The average Bonchev–Trinajstić information content (AvgIpc) is 2.57.